The molecule has 0 amide bonds. The maximum Gasteiger partial charge on any atom is 0.243 e. The summed E-state index contributed by atoms with van der Waals surface area (Å²) in [4.78, 5) is 17.3. The third kappa shape index (κ3) is 4.56. The molecule has 2 N–H and O–H groups in total. The number of hydrogen-bond donors (Lipinski definition) is 2. The Kier molecular flexibility index (Phi) is 6.93. The number of phenols is 2. The van der Waals surface area contributed by atoms with Crippen molar-refractivity contribution in [2.75, 3.05) is 18.8 Å². The molecule has 0 aliphatic rings. The summed E-state index contributed by atoms with van der Waals surface area (Å²) in [7, 11) is -3.60. The number of hydrogen-bond acceptors (Lipinski definition) is 7. The highest BCUT2D eigenvalue weighted by atomic mass is 32.2. The van der Waals surface area contributed by atoms with Gasteiger partial charge >= 0.3 is 0 Å². The first kappa shape index (κ1) is 23.1. The highest BCUT2D eigenvalue weighted by Gasteiger charge is 2.23. The molecule has 0 saturated heterocycles. The monoisotopic (exact) mass is 463 g/mol. The van der Waals surface area contributed by atoms with Crippen LogP contribution >= 0.6 is 11.8 Å². The quantitative estimate of drug-likeness (QED) is 0.369. The Morgan fingerprint density at radius 1 is 1.10 bits per heavy atom. The minimum Gasteiger partial charge on any atom is -0.508 e. The van der Waals surface area contributed by atoms with Gasteiger partial charge in [0.25, 0.3) is 0 Å². The summed E-state index contributed by atoms with van der Waals surface area (Å²) >= 11 is 1.21. The first-order valence-electron chi connectivity index (χ1n) is 9.91. The number of aryl methyl sites for hydroxylation is 1. The van der Waals surface area contributed by atoms with Gasteiger partial charge < -0.3 is 14.8 Å². The van der Waals surface area contributed by atoms with E-state index in [1.54, 1.807) is 32.0 Å². The van der Waals surface area contributed by atoms with Crippen molar-refractivity contribution in [3.8, 4) is 11.5 Å². The average molecular weight is 464 g/mol. The van der Waals surface area contributed by atoms with Gasteiger partial charge in [-0.3, -0.25) is 4.79 Å². The van der Waals surface area contributed by atoms with Gasteiger partial charge in [-0.2, -0.15) is 4.31 Å². The highest BCUT2D eigenvalue weighted by molar-refractivity contribution is 7.99. The minimum atomic E-state index is -3.60. The second-order valence-corrected chi connectivity index (χ2v) is 9.67. The fourth-order valence-electron chi connectivity index (χ4n) is 3.34. The Labute approximate surface area is 185 Å². The summed E-state index contributed by atoms with van der Waals surface area (Å²) in [5.74, 6) is -0.667. The minimum absolute atomic E-state index is 0.0340. The lowest BCUT2D eigenvalue weighted by Gasteiger charge is -2.18. The molecule has 1 heterocycles. The van der Waals surface area contributed by atoms with Crippen molar-refractivity contribution in [3.63, 3.8) is 0 Å². The van der Waals surface area contributed by atoms with Gasteiger partial charge in [0.1, 0.15) is 11.5 Å². The predicted octanol–water partition coefficient (Wildman–Crippen LogP) is 3.47. The fraction of sp³-hybridized carbons (Fsp3) is 0.333. The van der Waals surface area contributed by atoms with Gasteiger partial charge in [-0.1, -0.05) is 25.6 Å². The SMILES string of the molecule is CCN(CC)S(=O)(=O)c1ccc2c(c1)nc(SCC(=O)c1ccc(O)cc1O)n2CC. The number of fused-ring (bicyclic) bond motifs is 1. The van der Waals surface area contributed by atoms with Crippen LogP contribution in [0.15, 0.2) is 46.5 Å². The molecule has 0 fully saturated rings. The molecule has 0 spiro atoms. The standard InChI is InChI=1S/C21H25N3O5S2/c1-4-23(5-2)31(28,29)15-8-10-18-17(12-15)22-21(24(18)6-3)30-13-20(27)16-9-7-14(25)11-19(16)26/h7-12,25-26H,4-6,13H2,1-3H3. The zero-order valence-corrected chi connectivity index (χ0v) is 19.2. The molecule has 0 radical (unpaired) electrons. The predicted molar refractivity (Wildman–Crippen MR) is 120 cm³/mol. The molecule has 8 nitrogen and oxygen atoms in total. The van der Waals surface area contributed by atoms with Crippen LogP contribution in [0.2, 0.25) is 0 Å². The Hall–Kier alpha value is -2.56. The Morgan fingerprint density at radius 2 is 1.81 bits per heavy atom. The summed E-state index contributed by atoms with van der Waals surface area (Å²) in [5.41, 5.74) is 1.44. The van der Waals surface area contributed by atoms with Crippen molar-refractivity contribution < 1.29 is 23.4 Å². The number of Topliss-reactive ketones (excluding diaryl/α,β-unsaturated/α-hetero) is 1. The topological polar surface area (TPSA) is 113 Å². The largest absolute Gasteiger partial charge is 0.508 e. The van der Waals surface area contributed by atoms with Crippen LogP contribution in [0.1, 0.15) is 31.1 Å². The van der Waals surface area contributed by atoms with Gasteiger partial charge in [0.15, 0.2) is 10.9 Å². The lowest BCUT2D eigenvalue weighted by molar-refractivity contribution is 0.102. The van der Waals surface area contributed by atoms with Crippen LogP contribution in [0.25, 0.3) is 11.0 Å². The zero-order chi connectivity index (χ0) is 22.8. The molecule has 0 saturated carbocycles. The van der Waals surface area contributed by atoms with Gasteiger partial charge in [0.2, 0.25) is 10.0 Å². The molecule has 0 bridgehead atoms. The number of rotatable bonds is 9. The summed E-state index contributed by atoms with van der Waals surface area (Å²) in [5, 5.41) is 19.9. The molecule has 3 aromatic rings. The number of ketones is 1. The normalized spacial score (nSPS) is 12.0. The maximum atomic E-state index is 12.8. The van der Waals surface area contributed by atoms with Crippen molar-refractivity contribution in [1.82, 2.24) is 13.9 Å². The molecule has 0 aliphatic heterocycles. The van der Waals surface area contributed by atoms with Gasteiger partial charge in [0.05, 0.1) is 27.2 Å². The molecule has 0 aliphatic carbocycles. The number of nitrogens with zero attached hydrogens (tertiary/aromatic N) is 3. The van der Waals surface area contributed by atoms with E-state index in [0.29, 0.717) is 30.3 Å². The number of thioether (sulfide) groups is 1. The van der Waals surface area contributed by atoms with E-state index < -0.39 is 10.0 Å². The number of benzene rings is 2. The lowest BCUT2D eigenvalue weighted by Crippen LogP contribution is -2.30. The molecule has 31 heavy (non-hydrogen) atoms. The third-order valence-electron chi connectivity index (χ3n) is 4.96. The molecule has 3 rings (SSSR count). The van der Waals surface area contributed by atoms with Crippen LogP contribution in [0.3, 0.4) is 0 Å². The van der Waals surface area contributed by atoms with Crippen molar-refractivity contribution >= 4 is 38.6 Å². The molecule has 1 aromatic heterocycles. The van der Waals surface area contributed by atoms with Crippen molar-refractivity contribution in [2.24, 2.45) is 0 Å². The van der Waals surface area contributed by atoms with E-state index in [9.17, 15) is 23.4 Å². The van der Waals surface area contributed by atoms with Crippen molar-refractivity contribution in [1.29, 1.82) is 0 Å². The zero-order valence-electron chi connectivity index (χ0n) is 17.6. The Morgan fingerprint density at radius 3 is 2.42 bits per heavy atom. The molecule has 10 heteroatoms. The number of aromatic nitrogens is 2. The number of carbonyl (C=O) groups excluding carboxylic acids is 1. The van der Waals surface area contributed by atoms with Gasteiger partial charge in [-0.15, -0.1) is 0 Å². The van der Waals surface area contributed by atoms with Gasteiger partial charge in [-0.25, -0.2) is 13.4 Å². The second kappa shape index (κ2) is 9.29. The van der Waals surface area contributed by atoms with E-state index in [1.807, 2.05) is 11.5 Å². The van der Waals surface area contributed by atoms with Crippen LogP contribution in [0.5, 0.6) is 11.5 Å². The Bertz CT molecular complexity index is 1220. The number of carbonyl (C=O) groups is 1. The summed E-state index contributed by atoms with van der Waals surface area (Å²) in [6.45, 7) is 6.90. The molecular formula is C21H25N3O5S2. The van der Waals surface area contributed by atoms with E-state index in [2.05, 4.69) is 4.98 Å². The van der Waals surface area contributed by atoms with E-state index >= 15 is 0 Å². The van der Waals surface area contributed by atoms with E-state index in [4.69, 9.17) is 0 Å². The number of imidazole rings is 1. The fourth-order valence-corrected chi connectivity index (χ4v) is 5.78. The number of aromatic hydroxyl groups is 2. The van der Waals surface area contributed by atoms with E-state index in [0.717, 1.165) is 11.6 Å². The molecule has 2 aromatic carbocycles. The number of phenolic OH excluding ortho intramolecular Hbond substituents is 2. The van der Waals surface area contributed by atoms with Crippen LogP contribution < -0.4 is 0 Å². The highest BCUT2D eigenvalue weighted by Crippen LogP contribution is 2.29. The first-order chi connectivity index (χ1) is 14.7. The van der Waals surface area contributed by atoms with Gasteiger partial charge in [-0.05, 0) is 37.3 Å². The third-order valence-corrected chi connectivity index (χ3v) is 7.98. The molecule has 166 valence electrons. The summed E-state index contributed by atoms with van der Waals surface area (Å²) in [6, 6.07) is 8.72. The van der Waals surface area contributed by atoms with Crippen LogP contribution in [0, 0.1) is 0 Å². The second-order valence-electron chi connectivity index (χ2n) is 6.79. The lowest BCUT2D eigenvalue weighted by atomic mass is 10.1. The van der Waals surface area contributed by atoms with Crippen molar-refractivity contribution in [3.05, 3.63) is 42.0 Å². The molecule has 0 atom stereocenters. The van der Waals surface area contributed by atoms with E-state index in [1.165, 1.54) is 28.2 Å². The van der Waals surface area contributed by atoms with Gasteiger partial charge in [0, 0.05) is 25.7 Å². The average Bonchev–Trinajstić information content (AvgIpc) is 3.09. The molecule has 0 unspecified atom stereocenters. The van der Waals surface area contributed by atoms with Crippen LogP contribution in [-0.4, -0.2) is 57.1 Å². The Balaban J connectivity index is 1.90. The van der Waals surface area contributed by atoms with Crippen LogP contribution in [-0.2, 0) is 16.6 Å². The van der Waals surface area contributed by atoms with Crippen molar-refractivity contribution in [2.45, 2.75) is 37.4 Å². The maximum absolute atomic E-state index is 12.8. The van der Waals surface area contributed by atoms with E-state index in [-0.39, 0.29) is 33.5 Å². The molecular weight excluding hydrogens is 438 g/mol. The summed E-state index contributed by atoms with van der Waals surface area (Å²) < 4.78 is 29.0. The first-order valence-corrected chi connectivity index (χ1v) is 12.3. The number of sulfonamides is 1. The van der Waals surface area contributed by atoms with Crippen LogP contribution in [0.4, 0.5) is 0 Å². The smallest absolute Gasteiger partial charge is 0.243 e. The summed E-state index contributed by atoms with van der Waals surface area (Å²) in [6.07, 6.45) is 0.